The van der Waals surface area contributed by atoms with E-state index in [4.69, 9.17) is 27.9 Å². The van der Waals surface area contributed by atoms with Crippen molar-refractivity contribution in [2.45, 2.75) is 50.6 Å². The fraction of sp³-hybridized carbons (Fsp3) is 0.394. The maximum Gasteiger partial charge on any atom is 0.223 e. The molecule has 4 rings (SSSR count). The first-order chi connectivity index (χ1) is 19.7. The fourth-order valence-electron chi connectivity index (χ4n) is 5.77. The summed E-state index contributed by atoms with van der Waals surface area (Å²) in [7, 11) is 3.47. The average Bonchev–Trinajstić information content (AvgIpc) is 2.97. The van der Waals surface area contributed by atoms with Crippen molar-refractivity contribution in [1.29, 1.82) is 0 Å². The predicted molar refractivity (Wildman–Crippen MR) is 166 cm³/mol. The van der Waals surface area contributed by atoms with Gasteiger partial charge >= 0.3 is 0 Å². The number of methoxy groups -OCH3 is 1. The zero-order valence-electron chi connectivity index (χ0n) is 24.0. The monoisotopic (exact) mass is 595 g/mol. The zero-order chi connectivity index (χ0) is 29.4. The molecule has 0 aliphatic carbocycles. The van der Waals surface area contributed by atoms with Crippen molar-refractivity contribution in [1.82, 2.24) is 15.1 Å². The Kier molecular flexibility index (Phi) is 10.7. The summed E-state index contributed by atoms with van der Waals surface area (Å²) in [6.45, 7) is 4.59. The van der Waals surface area contributed by atoms with Crippen LogP contribution in [-0.4, -0.2) is 55.4 Å². The summed E-state index contributed by atoms with van der Waals surface area (Å²) in [6.07, 6.45) is 2.81. The number of carbonyl (C=O) groups is 2. The van der Waals surface area contributed by atoms with Gasteiger partial charge in [-0.1, -0.05) is 77.8 Å². The number of nitrogens with one attached hydrogen (secondary N) is 1. The molecular weight excluding hydrogens is 557 g/mol. The van der Waals surface area contributed by atoms with Crippen LogP contribution < -0.4 is 10.1 Å². The Balaban J connectivity index is 1.44. The van der Waals surface area contributed by atoms with Crippen LogP contribution in [0.1, 0.15) is 55.2 Å². The lowest BCUT2D eigenvalue weighted by molar-refractivity contribution is -0.131. The van der Waals surface area contributed by atoms with E-state index in [2.05, 4.69) is 22.3 Å². The van der Waals surface area contributed by atoms with Gasteiger partial charge in [-0.05, 0) is 61.1 Å². The number of ether oxygens (including phenoxy) is 1. The molecule has 0 unspecified atom stereocenters. The van der Waals surface area contributed by atoms with E-state index in [1.807, 2.05) is 61.6 Å². The first-order valence-corrected chi connectivity index (χ1v) is 14.8. The molecule has 1 aliphatic rings. The van der Waals surface area contributed by atoms with Gasteiger partial charge in [0.15, 0.2) is 0 Å². The van der Waals surface area contributed by atoms with E-state index >= 15 is 0 Å². The van der Waals surface area contributed by atoms with Gasteiger partial charge in [0.25, 0.3) is 0 Å². The minimum Gasteiger partial charge on any atom is -0.496 e. The molecule has 3 aromatic rings. The van der Waals surface area contributed by atoms with E-state index < -0.39 is 0 Å². The molecule has 0 radical (unpaired) electrons. The first kappa shape index (κ1) is 30.9. The summed E-state index contributed by atoms with van der Waals surface area (Å²) >= 11 is 12.6. The van der Waals surface area contributed by atoms with E-state index in [1.165, 1.54) is 0 Å². The summed E-state index contributed by atoms with van der Waals surface area (Å²) in [5.41, 5.74) is 2.76. The number of hydrogen-bond acceptors (Lipinski definition) is 4. The van der Waals surface area contributed by atoms with Crippen LogP contribution in [0, 0.1) is 0 Å². The Morgan fingerprint density at radius 1 is 1.00 bits per heavy atom. The van der Waals surface area contributed by atoms with Gasteiger partial charge in [-0.3, -0.25) is 9.59 Å². The standard InChI is InChI=1S/C33H39Cl2N3O3/c1-24(39)36-33(28-10-5-4-6-11-28)16-19-38(20-17-33)18-15-26(25-13-14-29(34)30(35)21-25)22-32(40)37(2)23-27-9-7-8-12-31(27)41-3/h4-14,21,26H,15-20,22-23H2,1-3H3,(H,36,39)/t26-/m1/s1. The molecule has 1 atom stereocenters. The molecule has 3 aromatic carbocycles. The highest BCUT2D eigenvalue weighted by Gasteiger charge is 2.37. The van der Waals surface area contributed by atoms with Gasteiger partial charge in [0.05, 0.1) is 22.7 Å². The van der Waals surface area contributed by atoms with Crippen molar-refractivity contribution in [3.63, 3.8) is 0 Å². The first-order valence-electron chi connectivity index (χ1n) is 14.1. The summed E-state index contributed by atoms with van der Waals surface area (Å²) < 4.78 is 5.48. The van der Waals surface area contributed by atoms with E-state index in [0.29, 0.717) is 23.0 Å². The average molecular weight is 597 g/mol. The summed E-state index contributed by atoms with van der Waals surface area (Å²) in [6, 6.07) is 23.7. The van der Waals surface area contributed by atoms with Crippen LogP contribution in [0.15, 0.2) is 72.8 Å². The topological polar surface area (TPSA) is 61.9 Å². The van der Waals surface area contributed by atoms with Crippen molar-refractivity contribution in [3.05, 3.63) is 99.5 Å². The van der Waals surface area contributed by atoms with Crippen molar-refractivity contribution in [3.8, 4) is 5.75 Å². The van der Waals surface area contributed by atoms with Crippen LogP contribution in [0.25, 0.3) is 0 Å². The minimum absolute atomic E-state index is 0.0160. The number of benzene rings is 3. The third-order valence-corrected chi connectivity index (χ3v) is 8.85. The highest BCUT2D eigenvalue weighted by Crippen LogP contribution is 2.35. The fourth-order valence-corrected chi connectivity index (χ4v) is 6.08. The van der Waals surface area contributed by atoms with Crippen LogP contribution in [0.5, 0.6) is 5.75 Å². The van der Waals surface area contributed by atoms with Crippen molar-refractivity contribution in [2.24, 2.45) is 0 Å². The largest absolute Gasteiger partial charge is 0.496 e. The number of likely N-dealkylation sites (tertiary alicyclic amines) is 1. The van der Waals surface area contributed by atoms with Gasteiger partial charge in [0.2, 0.25) is 11.8 Å². The van der Waals surface area contributed by atoms with E-state index in [9.17, 15) is 9.59 Å². The molecule has 218 valence electrons. The molecule has 41 heavy (non-hydrogen) atoms. The SMILES string of the molecule is COc1ccccc1CN(C)C(=O)C[C@@H](CCN1CCC(NC(C)=O)(c2ccccc2)CC1)c1ccc(Cl)c(Cl)c1. The molecule has 0 spiro atoms. The minimum atomic E-state index is -0.357. The van der Waals surface area contributed by atoms with Gasteiger partial charge in [0, 0.05) is 45.6 Å². The zero-order valence-corrected chi connectivity index (χ0v) is 25.5. The maximum atomic E-state index is 13.5. The van der Waals surface area contributed by atoms with Gasteiger partial charge in [-0.15, -0.1) is 0 Å². The maximum absolute atomic E-state index is 13.5. The summed E-state index contributed by atoms with van der Waals surface area (Å²) in [4.78, 5) is 29.7. The molecule has 0 saturated carbocycles. The van der Waals surface area contributed by atoms with Crippen molar-refractivity contribution >= 4 is 35.0 Å². The number of carbonyl (C=O) groups excluding carboxylic acids is 2. The third kappa shape index (κ3) is 8.03. The van der Waals surface area contributed by atoms with Crippen LogP contribution in [-0.2, 0) is 21.7 Å². The number of rotatable bonds is 11. The Morgan fingerprint density at radius 3 is 2.34 bits per heavy atom. The predicted octanol–water partition coefficient (Wildman–Crippen LogP) is 6.65. The molecule has 1 fully saturated rings. The van der Waals surface area contributed by atoms with Gasteiger partial charge in [0.1, 0.15) is 5.75 Å². The second kappa shape index (κ2) is 14.2. The highest BCUT2D eigenvalue weighted by molar-refractivity contribution is 6.42. The number of piperidine rings is 1. The quantitative estimate of drug-likeness (QED) is 0.269. The second-order valence-corrected chi connectivity index (χ2v) is 11.7. The molecule has 8 heteroatoms. The number of amides is 2. The third-order valence-electron chi connectivity index (χ3n) is 8.11. The van der Waals surface area contributed by atoms with Crippen LogP contribution in [0.2, 0.25) is 10.0 Å². The number of halogens is 2. The lowest BCUT2D eigenvalue weighted by Gasteiger charge is -2.43. The Hall–Kier alpha value is -3.06. The molecule has 1 saturated heterocycles. The van der Waals surface area contributed by atoms with Crippen molar-refractivity contribution < 1.29 is 14.3 Å². The molecule has 1 heterocycles. The molecule has 1 N–H and O–H groups in total. The van der Waals surface area contributed by atoms with E-state index in [-0.39, 0.29) is 23.3 Å². The second-order valence-electron chi connectivity index (χ2n) is 10.9. The summed E-state index contributed by atoms with van der Waals surface area (Å²) in [5, 5.41) is 4.24. The van der Waals surface area contributed by atoms with Crippen LogP contribution in [0.3, 0.4) is 0 Å². The van der Waals surface area contributed by atoms with Gasteiger partial charge in [-0.2, -0.15) is 0 Å². The molecule has 0 aromatic heterocycles. The molecule has 1 aliphatic heterocycles. The Morgan fingerprint density at radius 2 is 1.68 bits per heavy atom. The molecule has 6 nitrogen and oxygen atoms in total. The van der Waals surface area contributed by atoms with Gasteiger partial charge < -0.3 is 19.9 Å². The van der Waals surface area contributed by atoms with Gasteiger partial charge in [-0.25, -0.2) is 0 Å². The number of nitrogens with zero attached hydrogens (tertiary/aromatic N) is 2. The van der Waals surface area contributed by atoms with Crippen molar-refractivity contribution in [2.75, 3.05) is 33.8 Å². The Bertz CT molecular complexity index is 1330. The van der Waals surface area contributed by atoms with E-state index in [1.54, 1.807) is 25.0 Å². The smallest absolute Gasteiger partial charge is 0.223 e. The van der Waals surface area contributed by atoms with Crippen LogP contribution >= 0.6 is 23.2 Å². The summed E-state index contributed by atoms with van der Waals surface area (Å²) in [5.74, 6) is 0.787. The highest BCUT2D eigenvalue weighted by atomic mass is 35.5. The molecule has 2 amide bonds. The lowest BCUT2D eigenvalue weighted by atomic mass is 9.80. The molecular formula is C33H39Cl2N3O3. The van der Waals surface area contributed by atoms with Crippen LogP contribution in [0.4, 0.5) is 0 Å². The Labute approximate surface area is 253 Å². The normalized spacial score (nSPS) is 15.6. The lowest BCUT2D eigenvalue weighted by Crippen LogP contribution is -2.52. The molecule has 0 bridgehead atoms. The number of para-hydroxylation sites is 1. The van der Waals surface area contributed by atoms with E-state index in [0.717, 1.165) is 61.3 Å². The number of hydrogen-bond donors (Lipinski definition) is 1.